The van der Waals surface area contributed by atoms with Gasteiger partial charge in [0.25, 0.3) is 0 Å². The molecule has 0 aliphatic carbocycles. The summed E-state index contributed by atoms with van der Waals surface area (Å²) in [6.07, 6.45) is 4.69. The molecule has 0 radical (unpaired) electrons. The van der Waals surface area contributed by atoms with Gasteiger partial charge in [0.2, 0.25) is 0 Å². The molecule has 2 heterocycles. The molecule has 1 atom stereocenters. The molecular formula is C15H21N3. The molecule has 0 spiro atoms. The van der Waals surface area contributed by atoms with E-state index in [0.717, 1.165) is 19.1 Å². The monoisotopic (exact) mass is 243 g/mol. The van der Waals surface area contributed by atoms with E-state index in [-0.39, 0.29) is 0 Å². The average Bonchev–Trinajstić information content (AvgIpc) is 2.99. The van der Waals surface area contributed by atoms with E-state index >= 15 is 0 Å². The van der Waals surface area contributed by atoms with Crippen molar-refractivity contribution in [1.82, 2.24) is 15.2 Å². The minimum absolute atomic E-state index is 0.718. The zero-order valence-corrected chi connectivity index (χ0v) is 10.9. The van der Waals surface area contributed by atoms with Crippen LogP contribution in [0.1, 0.15) is 18.4 Å². The van der Waals surface area contributed by atoms with Crippen LogP contribution in [0.5, 0.6) is 0 Å². The Labute approximate surface area is 108 Å². The first-order chi connectivity index (χ1) is 8.84. The Morgan fingerprint density at radius 1 is 1.39 bits per heavy atom. The molecule has 0 bridgehead atoms. The SMILES string of the molecule is CN1CCC[C@H]1CNCc1cccc2[nH]ccc12. The Hall–Kier alpha value is -1.32. The van der Waals surface area contributed by atoms with Crippen LogP contribution >= 0.6 is 0 Å². The van der Waals surface area contributed by atoms with Gasteiger partial charge in [-0.25, -0.2) is 0 Å². The zero-order chi connectivity index (χ0) is 12.4. The number of hydrogen-bond donors (Lipinski definition) is 2. The molecule has 1 aromatic heterocycles. The molecule has 3 heteroatoms. The van der Waals surface area contributed by atoms with Crippen LogP contribution in [-0.2, 0) is 6.54 Å². The molecule has 2 aromatic rings. The highest BCUT2D eigenvalue weighted by atomic mass is 15.2. The second kappa shape index (κ2) is 5.12. The molecule has 1 aromatic carbocycles. The van der Waals surface area contributed by atoms with Crippen molar-refractivity contribution < 1.29 is 0 Å². The van der Waals surface area contributed by atoms with E-state index in [1.165, 1.54) is 35.9 Å². The number of fused-ring (bicyclic) bond motifs is 1. The third-order valence-corrected chi connectivity index (χ3v) is 4.05. The molecule has 1 saturated heterocycles. The largest absolute Gasteiger partial charge is 0.361 e. The number of nitrogens with one attached hydrogen (secondary N) is 2. The van der Waals surface area contributed by atoms with Crippen LogP contribution in [0.2, 0.25) is 0 Å². The van der Waals surface area contributed by atoms with Crippen molar-refractivity contribution in [2.24, 2.45) is 0 Å². The molecule has 3 rings (SSSR count). The molecule has 1 fully saturated rings. The van der Waals surface area contributed by atoms with E-state index in [4.69, 9.17) is 0 Å². The Morgan fingerprint density at radius 3 is 3.17 bits per heavy atom. The van der Waals surface area contributed by atoms with Gasteiger partial charge in [-0.15, -0.1) is 0 Å². The Morgan fingerprint density at radius 2 is 2.33 bits per heavy atom. The van der Waals surface area contributed by atoms with Crippen molar-refractivity contribution in [2.45, 2.75) is 25.4 Å². The lowest BCUT2D eigenvalue weighted by molar-refractivity contribution is 0.300. The number of likely N-dealkylation sites (N-methyl/N-ethyl adjacent to an activating group) is 1. The first-order valence-electron chi connectivity index (χ1n) is 6.80. The summed E-state index contributed by atoms with van der Waals surface area (Å²) >= 11 is 0. The Balaban J connectivity index is 1.61. The number of nitrogens with zero attached hydrogens (tertiary/aromatic N) is 1. The van der Waals surface area contributed by atoms with Gasteiger partial charge in [0.1, 0.15) is 0 Å². The van der Waals surface area contributed by atoms with E-state index in [2.05, 4.69) is 46.5 Å². The lowest BCUT2D eigenvalue weighted by Gasteiger charge is -2.19. The van der Waals surface area contributed by atoms with Gasteiger partial charge in [0, 0.05) is 36.2 Å². The zero-order valence-electron chi connectivity index (χ0n) is 10.9. The number of rotatable bonds is 4. The van der Waals surface area contributed by atoms with E-state index in [1.54, 1.807) is 0 Å². The van der Waals surface area contributed by atoms with E-state index in [9.17, 15) is 0 Å². The van der Waals surface area contributed by atoms with Crippen LogP contribution in [0.15, 0.2) is 30.5 Å². The minimum atomic E-state index is 0.718. The fourth-order valence-corrected chi connectivity index (χ4v) is 2.92. The van der Waals surface area contributed by atoms with Crippen molar-refractivity contribution in [1.29, 1.82) is 0 Å². The minimum Gasteiger partial charge on any atom is -0.361 e. The molecule has 96 valence electrons. The van der Waals surface area contributed by atoms with Crippen LogP contribution in [0.4, 0.5) is 0 Å². The summed E-state index contributed by atoms with van der Waals surface area (Å²) in [4.78, 5) is 5.72. The number of hydrogen-bond acceptors (Lipinski definition) is 2. The molecule has 18 heavy (non-hydrogen) atoms. The van der Waals surface area contributed by atoms with Crippen LogP contribution in [-0.4, -0.2) is 36.1 Å². The predicted molar refractivity (Wildman–Crippen MR) is 75.7 cm³/mol. The number of aromatic amines is 1. The predicted octanol–water partition coefficient (Wildman–Crippen LogP) is 2.35. The molecule has 1 aliphatic heterocycles. The first kappa shape index (κ1) is 11.8. The van der Waals surface area contributed by atoms with Gasteiger partial charge in [-0.2, -0.15) is 0 Å². The maximum atomic E-state index is 3.60. The number of aromatic nitrogens is 1. The molecule has 3 nitrogen and oxygen atoms in total. The van der Waals surface area contributed by atoms with Crippen molar-refractivity contribution in [3.8, 4) is 0 Å². The first-order valence-corrected chi connectivity index (χ1v) is 6.80. The summed E-state index contributed by atoms with van der Waals surface area (Å²) < 4.78 is 0. The summed E-state index contributed by atoms with van der Waals surface area (Å²) in [5.41, 5.74) is 2.61. The normalized spacial score (nSPS) is 20.8. The highest BCUT2D eigenvalue weighted by molar-refractivity contribution is 5.82. The summed E-state index contributed by atoms with van der Waals surface area (Å²) in [6.45, 7) is 3.30. The maximum Gasteiger partial charge on any atom is 0.0457 e. The molecule has 1 aliphatic rings. The Bertz CT molecular complexity index is 517. The van der Waals surface area contributed by atoms with Crippen molar-refractivity contribution >= 4 is 10.9 Å². The van der Waals surface area contributed by atoms with E-state index < -0.39 is 0 Å². The third kappa shape index (κ3) is 2.28. The van der Waals surface area contributed by atoms with Gasteiger partial charge in [-0.1, -0.05) is 12.1 Å². The van der Waals surface area contributed by atoms with Crippen LogP contribution in [0, 0.1) is 0 Å². The van der Waals surface area contributed by atoms with Gasteiger partial charge in [0.15, 0.2) is 0 Å². The van der Waals surface area contributed by atoms with Crippen LogP contribution in [0.25, 0.3) is 10.9 Å². The second-order valence-corrected chi connectivity index (χ2v) is 5.26. The maximum absolute atomic E-state index is 3.60. The Kier molecular flexibility index (Phi) is 3.35. The topological polar surface area (TPSA) is 31.1 Å². The number of likely N-dealkylation sites (tertiary alicyclic amines) is 1. The second-order valence-electron chi connectivity index (χ2n) is 5.26. The molecule has 0 saturated carbocycles. The van der Waals surface area contributed by atoms with Crippen LogP contribution in [0.3, 0.4) is 0 Å². The molecule has 0 unspecified atom stereocenters. The highest BCUT2D eigenvalue weighted by Gasteiger charge is 2.19. The smallest absolute Gasteiger partial charge is 0.0457 e. The lowest BCUT2D eigenvalue weighted by Crippen LogP contribution is -2.35. The summed E-state index contributed by atoms with van der Waals surface area (Å²) in [5.74, 6) is 0. The number of benzene rings is 1. The summed E-state index contributed by atoms with van der Waals surface area (Å²) in [7, 11) is 2.23. The van der Waals surface area contributed by atoms with Gasteiger partial charge < -0.3 is 15.2 Å². The van der Waals surface area contributed by atoms with E-state index in [0.29, 0.717) is 0 Å². The fourth-order valence-electron chi connectivity index (χ4n) is 2.92. The van der Waals surface area contributed by atoms with Gasteiger partial charge in [0.05, 0.1) is 0 Å². The van der Waals surface area contributed by atoms with Crippen LogP contribution < -0.4 is 5.32 Å². The lowest BCUT2D eigenvalue weighted by atomic mass is 10.1. The van der Waals surface area contributed by atoms with Crippen molar-refractivity contribution in [3.63, 3.8) is 0 Å². The molecule has 2 N–H and O–H groups in total. The van der Waals surface area contributed by atoms with Crippen molar-refractivity contribution in [2.75, 3.05) is 20.1 Å². The number of H-pyrrole nitrogens is 1. The van der Waals surface area contributed by atoms with E-state index in [1.807, 2.05) is 6.20 Å². The molecule has 0 amide bonds. The van der Waals surface area contributed by atoms with Gasteiger partial charge in [-0.3, -0.25) is 0 Å². The standard InChI is InChI=1S/C15H21N3/c1-18-9-3-5-13(18)11-16-10-12-4-2-6-15-14(12)7-8-17-15/h2,4,6-8,13,16-17H,3,5,9-11H2,1H3/t13-/m0/s1. The summed E-state index contributed by atoms with van der Waals surface area (Å²) in [6, 6.07) is 9.34. The highest BCUT2D eigenvalue weighted by Crippen LogP contribution is 2.18. The fraction of sp³-hybridized carbons (Fsp3) is 0.467. The van der Waals surface area contributed by atoms with Gasteiger partial charge >= 0.3 is 0 Å². The quantitative estimate of drug-likeness (QED) is 0.863. The summed E-state index contributed by atoms with van der Waals surface area (Å²) in [5, 5.41) is 4.94. The van der Waals surface area contributed by atoms with Crippen molar-refractivity contribution in [3.05, 3.63) is 36.0 Å². The average molecular weight is 243 g/mol. The third-order valence-electron chi connectivity index (χ3n) is 4.05. The molecular weight excluding hydrogens is 222 g/mol. The van der Waals surface area contributed by atoms with Gasteiger partial charge in [-0.05, 0) is 44.1 Å².